The molecule has 0 saturated carbocycles. The number of nitrogens with zero attached hydrogens (tertiary/aromatic N) is 4. The summed E-state index contributed by atoms with van der Waals surface area (Å²) in [5.74, 6) is -0.140. The van der Waals surface area contributed by atoms with Crippen LogP contribution in [-0.2, 0) is 27.8 Å². The van der Waals surface area contributed by atoms with E-state index in [2.05, 4.69) is 15.3 Å². The topological polar surface area (TPSA) is 160 Å². The second kappa shape index (κ2) is 10.3. The van der Waals surface area contributed by atoms with Crippen LogP contribution in [0.5, 0.6) is 11.5 Å². The molecule has 14 heteroatoms. The minimum absolute atomic E-state index is 0.0132. The molecule has 184 valence electrons. The number of fused-ring (bicyclic) bond motifs is 1. The maximum absolute atomic E-state index is 12.2. The van der Waals surface area contributed by atoms with Gasteiger partial charge < -0.3 is 14.6 Å². The summed E-state index contributed by atoms with van der Waals surface area (Å²) in [6.45, 7) is -0.629. The van der Waals surface area contributed by atoms with Gasteiger partial charge in [0, 0.05) is 6.42 Å². The molecule has 4 rings (SSSR count). The Kier molecular flexibility index (Phi) is 7.23. The second-order valence-electron chi connectivity index (χ2n) is 7.37. The molecule has 0 aliphatic rings. The summed E-state index contributed by atoms with van der Waals surface area (Å²) in [5, 5.41) is 22.7. The molecule has 2 aromatic carbocycles. The lowest BCUT2D eigenvalue weighted by Crippen LogP contribution is -2.22. The summed E-state index contributed by atoms with van der Waals surface area (Å²) in [6, 6.07) is 10.6. The molecule has 3 N–H and O–H groups in total. The number of nitrogens with two attached hydrogens (primary N) is 1. The third kappa shape index (κ3) is 6.09. The summed E-state index contributed by atoms with van der Waals surface area (Å²) in [5.41, 5.74) is 1.61. The number of alkyl halides is 1. The third-order valence-corrected chi connectivity index (χ3v) is 7.17. The summed E-state index contributed by atoms with van der Waals surface area (Å²) < 4.78 is 47.7. The molecule has 0 amide bonds. The van der Waals surface area contributed by atoms with Gasteiger partial charge in [0.15, 0.2) is 6.04 Å². The Morgan fingerprint density at radius 2 is 1.91 bits per heavy atom. The average molecular weight is 522 g/mol. The molecule has 0 unspecified atom stereocenters. The molecule has 1 atom stereocenters. The molecule has 35 heavy (non-hydrogen) atoms. The molecular weight excluding hydrogens is 501 g/mol. The molecule has 0 saturated heterocycles. The van der Waals surface area contributed by atoms with Gasteiger partial charge in [-0.2, -0.15) is 0 Å². The van der Waals surface area contributed by atoms with E-state index in [1.165, 1.54) is 10.9 Å². The number of thiazole rings is 1. The molecule has 0 aliphatic heterocycles. The van der Waals surface area contributed by atoms with Crippen molar-refractivity contribution in [2.45, 2.75) is 23.4 Å². The summed E-state index contributed by atoms with van der Waals surface area (Å²) >= 11 is 0.931. The van der Waals surface area contributed by atoms with Crippen molar-refractivity contribution in [3.63, 3.8) is 0 Å². The Labute approximate surface area is 203 Å². The summed E-state index contributed by atoms with van der Waals surface area (Å²) in [7, 11) is -3.90. The zero-order valence-electron chi connectivity index (χ0n) is 18.1. The lowest BCUT2D eigenvalue weighted by Gasteiger charge is -2.12. The first-order valence-corrected chi connectivity index (χ1v) is 12.6. The quantitative estimate of drug-likeness (QED) is 0.302. The van der Waals surface area contributed by atoms with Crippen LogP contribution in [0.1, 0.15) is 17.3 Å². The first-order valence-electron chi connectivity index (χ1n) is 10.2. The van der Waals surface area contributed by atoms with Gasteiger partial charge in [0.05, 0.1) is 16.4 Å². The number of benzene rings is 2. The van der Waals surface area contributed by atoms with Crippen molar-refractivity contribution in [3.8, 4) is 11.5 Å². The van der Waals surface area contributed by atoms with Crippen molar-refractivity contribution in [1.82, 2.24) is 20.0 Å². The number of carbonyl (C=O) groups is 1. The number of carboxylic acids is 1. The van der Waals surface area contributed by atoms with Crippen LogP contribution in [0.3, 0.4) is 0 Å². The standard InChI is InChI=1S/C21H20FN5O6S2/c22-7-8-32-15-3-1-13(2-4-15)9-18(20(28)29)27-11-14(25-26-27)12-33-16-5-6-17-19(10-16)34-21(24-17)35(23,30)31/h1-6,10-11,18H,7-9,12H2,(H,28,29)(H2,23,30,31)/t18-/m0/s1. The largest absolute Gasteiger partial charge is 0.491 e. The zero-order chi connectivity index (χ0) is 25.0. The Hall–Kier alpha value is -3.62. The molecule has 0 bridgehead atoms. The number of primary sulfonamides is 1. The van der Waals surface area contributed by atoms with E-state index in [0.717, 1.165) is 16.9 Å². The molecule has 11 nitrogen and oxygen atoms in total. The molecule has 0 spiro atoms. The number of hydrogen-bond acceptors (Lipinski definition) is 9. The first-order chi connectivity index (χ1) is 16.7. The fraction of sp³-hybridized carbons (Fsp3) is 0.238. The molecule has 2 heterocycles. The third-order valence-electron chi connectivity index (χ3n) is 4.83. The Morgan fingerprint density at radius 3 is 2.60 bits per heavy atom. The van der Waals surface area contributed by atoms with Crippen molar-refractivity contribution >= 4 is 37.5 Å². The van der Waals surface area contributed by atoms with Crippen LogP contribution in [0.15, 0.2) is 53.0 Å². The van der Waals surface area contributed by atoms with Crippen molar-refractivity contribution in [2.75, 3.05) is 13.3 Å². The van der Waals surface area contributed by atoms with Crippen molar-refractivity contribution in [3.05, 3.63) is 59.9 Å². The number of hydrogen-bond donors (Lipinski definition) is 2. The monoisotopic (exact) mass is 521 g/mol. The van der Waals surface area contributed by atoms with Crippen molar-refractivity contribution in [2.24, 2.45) is 5.14 Å². The minimum Gasteiger partial charge on any atom is -0.491 e. The van der Waals surface area contributed by atoms with Crippen LogP contribution in [0.4, 0.5) is 4.39 Å². The highest BCUT2D eigenvalue weighted by Gasteiger charge is 2.22. The smallest absolute Gasteiger partial charge is 0.328 e. The highest BCUT2D eigenvalue weighted by Crippen LogP contribution is 2.28. The van der Waals surface area contributed by atoms with E-state index in [4.69, 9.17) is 14.6 Å². The second-order valence-corrected chi connectivity index (χ2v) is 10.1. The van der Waals surface area contributed by atoms with Crippen LogP contribution in [0.2, 0.25) is 0 Å². The number of sulfonamides is 1. The highest BCUT2D eigenvalue weighted by molar-refractivity contribution is 7.91. The Bertz CT molecular complexity index is 1440. The molecule has 4 aromatic rings. The van der Waals surface area contributed by atoms with E-state index in [1.54, 1.807) is 42.5 Å². The Balaban J connectivity index is 1.42. The van der Waals surface area contributed by atoms with Crippen LogP contribution in [0.25, 0.3) is 10.2 Å². The number of aliphatic carboxylic acids is 1. The van der Waals surface area contributed by atoms with E-state index in [9.17, 15) is 22.7 Å². The summed E-state index contributed by atoms with van der Waals surface area (Å²) in [4.78, 5) is 15.8. The van der Waals surface area contributed by atoms with Gasteiger partial charge >= 0.3 is 5.97 Å². The van der Waals surface area contributed by atoms with Crippen LogP contribution in [0, 0.1) is 0 Å². The van der Waals surface area contributed by atoms with Gasteiger partial charge in [-0.3, -0.25) is 0 Å². The molecule has 0 radical (unpaired) electrons. The van der Waals surface area contributed by atoms with Gasteiger partial charge in [0.2, 0.25) is 4.34 Å². The maximum Gasteiger partial charge on any atom is 0.328 e. The highest BCUT2D eigenvalue weighted by atomic mass is 32.2. The lowest BCUT2D eigenvalue weighted by molar-refractivity contribution is -0.141. The van der Waals surface area contributed by atoms with E-state index in [-0.39, 0.29) is 24.0 Å². The van der Waals surface area contributed by atoms with E-state index in [0.29, 0.717) is 27.4 Å². The molecule has 0 aliphatic carbocycles. The van der Waals surface area contributed by atoms with Gasteiger partial charge in [-0.25, -0.2) is 32.4 Å². The van der Waals surface area contributed by atoms with Gasteiger partial charge in [0.1, 0.15) is 37.1 Å². The maximum atomic E-state index is 12.2. The van der Waals surface area contributed by atoms with Gasteiger partial charge in [-0.15, -0.1) is 16.4 Å². The van der Waals surface area contributed by atoms with Crippen LogP contribution < -0.4 is 14.6 Å². The number of halogens is 1. The fourth-order valence-electron chi connectivity index (χ4n) is 3.18. The number of ether oxygens (including phenoxy) is 2. The minimum atomic E-state index is -3.90. The molecule has 0 fully saturated rings. The normalized spacial score (nSPS) is 12.5. The SMILES string of the molecule is NS(=O)(=O)c1nc2ccc(OCc3cn([C@@H](Cc4ccc(OCCF)cc4)C(=O)O)nn3)cc2s1. The molecular formula is C21H20FN5O6S2. The van der Waals surface area contributed by atoms with Gasteiger partial charge in [-0.1, -0.05) is 17.3 Å². The van der Waals surface area contributed by atoms with E-state index < -0.39 is 28.7 Å². The predicted octanol–water partition coefficient (Wildman–Crippen LogP) is 2.33. The van der Waals surface area contributed by atoms with Crippen molar-refractivity contribution < 1.29 is 32.2 Å². The van der Waals surface area contributed by atoms with E-state index in [1.807, 2.05) is 0 Å². The van der Waals surface area contributed by atoms with Gasteiger partial charge in [-0.05, 0) is 35.9 Å². The number of carboxylic acid groups (broad SMARTS) is 1. The number of rotatable bonds is 11. The summed E-state index contributed by atoms with van der Waals surface area (Å²) in [6.07, 6.45) is 1.64. The van der Waals surface area contributed by atoms with Crippen LogP contribution in [-0.4, -0.2) is 52.8 Å². The van der Waals surface area contributed by atoms with Gasteiger partial charge in [0.25, 0.3) is 10.0 Å². The average Bonchev–Trinajstić information content (AvgIpc) is 3.47. The lowest BCUT2D eigenvalue weighted by atomic mass is 10.1. The zero-order valence-corrected chi connectivity index (χ0v) is 19.7. The first kappa shape index (κ1) is 24.5. The number of aromatic nitrogens is 4. The van der Waals surface area contributed by atoms with Crippen LogP contribution >= 0.6 is 11.3 Å². The van der Waals surface area contributed by atoms with E-state index >= 15 is 0 Å². The fourth-order valence-corrected chi connectivity index (χ4v) is 4.86. The van der Waals surface area contributed by atoms with Crippen molar-refractivity contribution in [1.29, 1.82) is 0 Å². The Morgan fingerprint density at radius 1 is 1.17 bits per heavy atom. The predicted molar refractivity (Wildman–Crippen MR) is 124 cm³/mol. The molecule has 2 aromatic heterocycles.